The van der Waals surface area contributed by atoms with Crippen LogP contribution in [0.2, 0.25) is 0 Å². The van der Waals surface area contributed by atoms with E-state index in [1.54, 1.807) is 12.1 Å². The zero-order chi connectivity index (χ0) is 15.6. The molecule has 0 radical (unpaired) electrons. The van der Waals surface area contributed by atoms with Gasteiger partial charge in [-0.15, -0.1) is 0 Å². The fraction of sp³-hybridized carbons (Fsp3) is 0.611. The van der Waals surface area contributed by atoms with Crippen LogP contribution in [0.25, 0.3) is 0 Å². The van der Waals surface area contributed by atoms with Crippen LogP contribution in [0.3, 0.4) is 0 Å². The molecule has 22 heavy (non-hydrogen) atoms. The van der Waals surface area contributed by atoms with E-state index in [4.69, 9.17) is 0 Å². The minimum atomic E-state index is -0.489. The van der Waals surface area contributed by atoms with E-state index in [1.165, 1.54) is 6.07 Å². The molecule has 1 unspecified atom stereocenters. The number of amides is 1. The SMILES string of the molecule is CNCC1CCN(C(=O)C2(c3cccc(F)c3)CCCC2)C1. The van der Waals surface area contributed by atoms with Crippen LogP contribution in [0.15, 0.2) is 24.3 Å². The van der Waals surface area contributed by atoms with Gasteiger partial charge in [0.25, 0.3) is 0 Å². The van der Waals surface area contributed by atoms with Gasteiger partial charge in [-0.2, -0.15) is 0 Å². The summed E-state index contributed by atoms with van der Waals surface area (Å²) in [4.78, 5) is 15.2. The van der Waals surface area contributed by atoms with Crippen LogP contribution in [-0.4, -0.2) is 37.5 Å². The summed E-state index contributed by atoms with van der Waals surface area (Å²) in [5.74, 6) is 0.514. The Kier molecular flexibility index (Phi) is 4.48. The fourth-order valence-corrected chi connectivity index (χ4v) is 4.17. The van der Waals surface area contributed by atoms with Crippen molar-refractivity contribution in [3.8, 4) is 0 Å². The largest absolute Gasteiger partial charge is 0.342 e. The Morgan fingerprint density at radius 2 is 2.18 bits per heavy atom. The molecule has 1 aliphatic heterocycles. The van der Waals surface area contributed by atoms with Crippen molar-refractivity contribution in [1.82, 2.24) is 10.2 Å². The molecule has 1 amide bonds. The maximum absolute atomic E-state index is 13.7. The number of carbonyl (C=O) groups is 1. The molecule has 0 aromatic heterocycles. The number of halogens is 1. The van der Waals surface area contributed by atoms with Crippen LogP contribution in [0, 0.1) is 11.7 Å². The Hall–Kier alpha value is -1.42. The van der Waals surface area contributed by atoms with E-state index in [0.717, 1.165) is 57.3 Å². The number of benzene rings is 1. The summed E-state index contributed by atoms with van der Waals surface area (Å²) >= 11 is 0. The van der Waals surface area contributed by atoms with Crippen molar-refractivity contribution in [3.05, 3.63) is 35.6 Å². The van der Waals surface area contributed by atoms with Crippen LogP contribution in [0.4, 0.5) is 4.39 Å². The standard InChI is InChI=1S/C18H25FN2O/c1-20-12-14-7-10-21(13-14)17(22)18(8-2-3-9-18)15-5-4-6-16(19)11-15/h4-6,11,14,20H,2-3,7-10,12-13H2,1H3. The predicted octanol–water partition coefficient (Wildman–Crippen LogP) is 2.71. The number of rotatable bonds is 4. The van der Waals surface area contributed by atoms with E-state index in [-0.39, 0.29) is 11.7 Å². The highest BCUT2D eigenvalue weighted by molar-refractivity contribution is 5.89. The van der Waals surface area contributed by atoms with Crippen molar-refractivity contribution in [2.45, 2.75) is 37.5 Å². The van der Waals surface area contributed by atoms with Crippen molar-refractivity contribution < 1.29 is 9.18 Å². The zero-order valence-corrected chi connectivity index (χ0v) is 13.3. The second-order valence-corrected chi connectivity index (χ2v) is 6.76. The number of hydrogen-bond acceptors (Lipinski definition) is 2. The van der Waals surface area contributed by atoms with Gasteiger partial charge in [0.1, 0.15) is 5.82 Å². The zero-order valence-electron chi connectivity index (χ0n) is 13.3. The van der Waals surface area contributed by atoms with Gasteiger partial charge in [0.15, 0.2) is 0 Å². The molecule has 0 spiro atoms. The number of nitrogens with zero attached hydrogens (tertiary/aromatic N) is 1. The van der Waals surface area contributed by atoms with Gasteiger partial charge in [0, 0.05) is 13.1 Å². The molecule has 1 saturated carbocycles. The molecule has 1 aromatic carbocycles. The second-order valence-electron chi connectivity index (χ2n) is 6.76. The Bertz CT molecular complexity index is 540. The topological polar surface area (TPSA) is 32.3 Å². The van der Waals surface area contributed by atoms with Gasteiger partial charge in [0.05, 0.1) is 5.41 Å². The molecule has 1 aliphatic carbocycles. The van der Waals surface area contributed by atoms with E-state index in [9.17, 15) is 9.18 Å². The highest BCUT2D eigenvalue weighted by Crippen LogP contribution is 2.43. The van der Waals surface area contributed by atoms with Crippen molar-refractivity contribution in [2.75, 3.05) is 26.7 Å². The van der Waals surface area contributed by atoms with E-state index < -0.39 is 5.41 Å². The van der Waals surface area contributed by atoms with Gasteiger partial charge in [-0.3, -0.25) is 4.79 Å². The molecule has 1 atom stereocenters. The molecule has 0 bridgehead atoms. The van der Waals surface area contributed by atoms with Gasteiger partial charge < -0.3 is 10.2 Å². The lowest BCUT2D eigenvalue weighted by molar-refractivity contribution is -0.136. The minimum absolute atomic E-state index is 0.217. The third-order valence-electron chi connectivity index (χ3n) is 5.31. The maximum atomic E-state index is 13.7. The maximum Gasteiger partial charge on any atom is 0.233 e. The summed E-state index contributed by atoms with van der Waals surface area (Å²) in [6.45, 7) is 2.62. The van der Waals surface area contributed by atoms with E-state index in [0.29, 0.717) is 5.92 Å². The normalized spacial score (nSPS) is 23.9. The Morgan fingerprint density at radius 3 is 2.86 bits per heavy atom. The van der Waals surface area contributed by atoms with Crippen molar-refractivity contribution in [2.24, 2.45) is 5.92 Å². The molecule has 3 rings (SSSR count). The lowest BCUT2D eigenvalue weighted by Gasteiger charge is -2.33. The van der Waals surface area contributed by atoms with Crippen LogP contribution in [0.5, 0.6) is 0 Å². The first-order valence-corrected chi connectivity index (χ1v) is 8.36. The van der Waals surface area contributed by atoms with Crippen LogP contribution in [-0.2, 0) is 10.2 Å². The van der Waals surface area contributed by atoms with Crippen LogP contribution >= 0.6 is 0 Å². The number of hydrogen-bond donors (Lipinski definition) is 1. The smallest absolute Gasteiger partial charge is 0.233 e. The van der Waals surface area contributed by atoms with E-state index in [2.05, 4.69) is 5.32 Å². The highest BCUT2D eigenvalue weighted by atomic mass is 19.1. The minimum Gasteiger partial charge on any atom is -0.342 e. The molecule has 1 saturated heterocycles. The third kappa shape index (κ3) is 2.76. The number of carbonyl (C=O) groups excluding carboxylic acids is 1. The predicted molar refractivity (Wildman–Crippen MR) is 85.2 cm³/mol. The summed E-state index contributed by atoms with van der Waals surface area (Å²) in [5, 5.41) is 3.20. The third-order valence-corrected chi connectivity index (χ3v) is 5.31. The van der Waals surface area contributed by atoms with Crippen molar-refractivity contribution >= 4 is 5.91 Å². The molecule has 2 aliphatic rings. The van der Waals surface area contributed by atoms with Gasteiger partial charge in [-0.25, -0.2) is 4.39 Å². The number of nitrogens with one attached hydrogen (secondary N) is 1. The Morgan fingerprint density at radius 1 is 1.41 bits per heavy atom. The second kappa shape index (κ2) is 6.37. The summed E-state index contributed by atoms with van der Waals surface area (Å²) in [6.07, 6.45) is 4.86. The van der Waals surface area contributed by atoms with Crippen LogP contribution < -0.4 is 5.32 Å². The van der Waals surface area contributed by atoms with Crippen molar-refractivity contribution in [3.63, 3.8) is 0 Å². The fourth-order valence-electron chi connectivity index (χ4n) is 4.17. The summed E-state index contributed by atoms with van der Waals surface area (Å²) in [7, 11) is 1.95. The first-order chi connectivity index (χ1) is 10.7. The average molecular weight is 304 g/mol. The molecule has 120 valence electrons. The molecule has 1 aromatic rings. The lowest BCUT2D eigenvalue weighted by Crippen LogP contribution is -2.44. The highest BCUT2D eigenvalue weighted by Gasteiger charge is 2.46. The average Bonchev–Trinajstić information content (AvgIpc) is 3.17. The van der Waals surface area contributed by atoms with E-state index in [1.807, 2.05) is 18.0 Å². The van der Waals surface area contributed by atoms with E-state index >= 15 is 0 Å². The monoisotopic (exact) mass is 304 g/mol. The number of likely N-dealkylation sites (tertiary alicyclic amines) is 1. The lowest BCUT2D eigenvalue weighted by atomic mass is 9.77. The molecule has 3 nitrogen and oxygen atoms in total. The molecular formula is C18H25FN2O. The van der Waals surface area contributed by atoms with Crippen LogP contribution in [0.1, 0.15) is 37.7 Å². The van der Waals surface area contributed by atoms with Gasteiger partial charge in [-0.1, -0.05) is 25.0 Å². The quantitative estimate of drug-likeness (QED) is 0.927. The Labute approximate surface area is 131 Å². The summed E-state index contributed by atoms with van der Waals surface area (Å²) in [5.41, 5.74) is 0.378. The molecule has 1 heterocycles. The van der Waals surface area contributed by atoms with Gasteiger partial charge in [0.2, 0.25) is 5.91 Å². The van der Waals surface area contributed by atoms with Gasteiger partial charge in [-0.05, 0) is 56.5 Å². The first kappa shape index (κ1) is 15.5. The summed E-state index contributed by atoms with van der Waals surface area (Å²) in [6, 6.07) is 6.67. The van der Waals surface area contributed by atoms with Gasteiger partial charge >= 0.3 is 0 Å². The molecule has 2 fully saturated rings. The molecule has 1 N–H and O–H groups in total. The molecule has 4 heteroatoms. The van der Waals surface area contributed by atoms with Crippen molar-refractivity contribution in [1.29, 1.82) is 0 Å². The first-order valence-electron chi connectivity index (χ1n) is 8.36. The molecular weight excluding hydrogens is 279 g/mol. The Balaban J connectivity index is 1.84. The summed E-state index contributed by atoms with van der Waals surface area (Å²) < 4.78 is 13.7.